The summed E-state index contributed by atoms with van der Waals surface area (Å²) in [4.78, 5) is 4.02. The molecule has 0 radical (unpaired) electrons. The molecule has 1 heterocycles. The smallest absolute Gasteiger partial charge is 0.186 e. The molecule has 5 N–H and O–H groups in total. The van der Waals surface area contributed by atoms with E-state index in [1.165, 1.54) is 0 Å². The first-order valence-corrected chi connectivity index (χ1v) is 4.03. The van der Waals surface area contributed by atoms with Gasteiger partial charge < -0.3 is 21.3 Å². The first-order valence-electron chi connectivity index (χ1n) is 4.03. The van der Waals surface area contributed by atoms with Crippen molar-refractivity contribution in [2.75, 3.05) is 13.2 Å². The number of hydrogen-bond donors (Lipinski definition) is 3. The number of aliphatic hydroxyl groups excluding tert-OH is 1. The molecule has 0 aromatic rings. The normalized spacial score (nSPS) is 29.8. The zero-order chi connectivity index (χ0) is 8.97. The zero-order valence-electron chi connectivity index (χ0n) is 6.94. The lowest BCUT2D eigenvalue weighted by Crippen LogP contribution is -2.33. The van der Waals surface area contributed by atoms with E-state index in [4.69, 9.17) is 21.3 Å². The van der Waals surface area contributed by atoms with E-state index in [0.717, 1.165) is 6.42 Å². The van der Waals surface area contributed by atoms with Crippen LogP contribution in [0.4, 0.5) is 0 Å². The molecule has 0 aromatic carbocycles. The summed E-state index contributed by atoms with van der Waals surface area (Å²) < 4.78 is 5.24. The summed E-state index contributed by atoms with van der Waals surface area (Å²) in [6.45, 7) is 0.656. The predicted molar refractivity (Wildman–Crippen MR) is 45.7 cm³/mol. The second-order valence-electron chi connectivity index (χ2n) is 2.91. The Balaban J connectivity index is 2.40. The van der Waals surface area contributed by atoms with Crippen molar-refractivity contribution < 1.29 is 9.84 Å². The van der Waals surface area contributed by atoms with E-state index in [0.29, 0.717) is 13.0 Å². The Morgan fingerprint density at radius 1 is 1.58 bits per heavy atom. The maximum absolute atomic E-state index is 8.81. The van der Waals surface area contributed by atoms with Gasteiger partial charge in [-0.05, 0) is 12.8 Å². The lowest BCUT2D eigenvalue weighted by Gasteiger charge is -2.25. The molecule has 1 saturated heterocycles. The van der Waals surface area contributed by atoms with Crippen LogP contribution in [0, 0.1) is 0 Å². The summed E-state index contributed by atoms with van der Waals surface area (Å²) in [6.07, 6.45) is 1.43. The van der Waals surface area contributed by atoms with Crippen LogP contribution in [0.5, 0.6) is 0 Å². The third kappa shape index (κ3) is 2.67. The van der Waals surface area contributed by atoms with E-state index >= 15 is 0 Å². The summed E-state index contributed by atoms with van der Waals surface area (Å²) in [6, 6.07) is 0.112. The number of nitrogens with two attached hydrogens (primary N) is 2. The Hall–Kier alpha value is -0.810. The van der Waals surface area contributed by atoms with Crippen LogP contribution >= 0.6 is 0 Å². The van der Waals surface area contributed by atoms with Crippen LogP contribution in [0.25, 0.3) is 0 Å². The molecular formula is C7H15N3O2. The first kappa shape index (κ1) is 9.28. The van der Waals surface area contributed by atoms with E-state index in [1.54, 1.807) is 0 Å². The second kappa shape index (κ2) is 4.27. The van der Waals surface area contributed by atoms with Gasteiger partial charge in [0, 0.05) is 6.61 Å². The second-order valence-corrected chi connectivity index (χ2v) is 2.91. The van der Waals surface area contributed by atoms with Crippen molar-refractivity contribution in [2.24, 2.45) is 16.5 Å². The molecule has 1 fully saturated rings. The molecule has 1 aliphatic rings. The number of aliphatic imine (C=N–C) groups is 1. The van der Waals surface area contributed by atoms with Gasteiger partial charge in [-0.15, -0.1) is 0 Å². The van der Waals surface area contributed by atoms with E-state index < -0.39 is 0 Å². The maximum atomic E-state index is 8.81. The fourth-order valence-electron chi connectivity index (χ4n) is 1.32. The Kier molecular flexibility index (Phi) is 3.31. The number of ether oxygens (including phenoxy) is 1. The van der Waals surface area contributed by atoms with Gasteiger partial charge in [0.05, 0.1) is 18.8 Å². The standard InChI is InChI=1S/C7H15N3O2/c8-7(9)10-5-1-2-12-6(3-5)4-11/h5-6,11H,1-4H2,(H4,8,9,10)/t5-,6+/m0/s1. The number of nitrogens with zero attached hydrogens (tertiary/aromatic N) is 1. The third-order valence-corrected chi connectivity index (χ3v) is 1.87. The highest BCUT2D eigenvalue weighted by Gasteiger charge is 2.21. The molecule has 0 bridgehead atoms. The number of guanidine groups is 1. The Labute approximate surface area is 71.4 Å². The van der Waals surface area contributed by atoms with Crippen LogP contribution < -0.4 is 11.5 Å². The molecule has 0 amide bonds. The molecule has 1 rings (SSSR count). The van der Waals surface area contributed by atoms with E-state index in [1.807, 2.05) is 0 Å². The van der Waals surface area contributed by atoms with Crippen molar-refractivity contribution in [1.29, 1.82) is 0 Å². The van der Waals surface area contributed by atoms with Gasteiger partial charge in [0.1, 0.15) is 0 Å². The Morgan fingerprint density at radius 3 is 2.92 bits per heavy atom. The molecule has 5 nitrogen and oxygen atoms in total. The number of hydrogen-bond acceptors (Lipinski definition) is 3. The van der Waals surface area contributed by atoms with Gasteiger partial charge in [0.15, 0.2) is 5.96 Å². The molecule has 0 aromatic heterocycles. The van der Waals surface area contributed by atoms with Crippen molar-refractivity contribution in [3.63, 3.8) is 0 Å². The van der Waals surface area contributed by atoms with Gasteiger partial charge >= 0.3 is 0 Å². The average molecular weight is 173 g/mol. The highest BCUT2D eigenvalue weighted by atomic mass is 16.5. The van der Waals surface area contributed by atoms with Crippen molar-refractivity contribution in [3.05, 3.63) is 0 Å². The van der Waals surface area contributed by atoms with E-state index in [2.05, 4.69) is 4.99 Å². The van der Waals surface area contributed by atoms with E-state index in [-0.39, 0.29) is 24.7 Å². The molecule has 0 saturated carbocycles. The fourth-order valence-corrected chi connectivity index (χ4v) is 1.32. The van der Waals surface area contributed by atoms with E-state index in [9.17, 15) is 0 Å². The first-order chi connectivity index (χ1) is 5.72. The fraction of sp³-hybridized carbons (Fsp3) is 0.857. The Morgan fingerprint density at radius 2 is 2.33 bits per heavy atom. The quantitative estimate of drug-likeness (QED) is 0.361. The minimum absolute atomic E-state index is 0.0382. The van der Waals surface area contributed by atoms with Gasteiger partial charge in [0.2, 0.25) is 0 Å². The van der Waals surface area contributed by atoms with Gasteiger partial charge in [-0.25, -0.2) is 0 Å². The van der Waals surface area contributed by atoms with Crippen LogP contribution in [-0.4, -0.2) is 36.4 Å². The van der Waals surface area contributed by atoms with Gasteiger partial charge in [-0.1, -0.05) is 0 Å². The molecule has 12 heavy (non-hydrogen) atoms. The monoisotopic (exact) mass is 173 g/mol. The van der Waals surface area contributed by atoms with Crippen molar-refractivity contribution in [3.8, 4) is 0 Å². The largest absolute Gasteiger partial charge is 0.394 e. The molecule has 2 atom stereocenters. The minimum Gasteiger partial charge on any atom is -0.394 e. The maximum Gasteiger partial charge on any atom is 0.186 e. The van der Waals surface area contributed by atoms with Crippen LogP contribution in [0.1, 0.15) is 12.8 Å². The summed E-state index contributed by atoms with van der Waals surface area (Å²) in [5.74, 6) is 0.110. The minimum atomic E-state index is -0.105. The molecule has 5 heteroatoms. The van der Waals surface area contributed by atoms with Crippen molar-refractivity contribution in [2.45, 2.75) is 25.0 Å². The van der Waals surface area contributed by atoms with Crippen molar-refractivity contribution in [1.82, 2.24) is 0 Å². The average Bonchev–Trinajstić information content (AvgIpc) is 2.03. The van der Waals surface area contributed by atoms with Crippen LogP contribution in [-0.2, 0) is 4.74 Å². The lowest BCUT2D eigenvalue weighted by molar-refractivity contribution is -0.0234. The summed E-state index contributed by atoms with van der Waals surface area (Å²) in [5.41, 5.74) is 10.5. The van der Waals surface area contributed by atoms with Gasteiger partial charge in [0.25, 0.3) is 0 Å². The molecule has 0 unspecified atom stereocenters. The Bertz CT molecular complexity index is 168. The van der Waals surface area contributed by atoms with Crippen LogP contribution in [0.2, 0.25) is 0 Å². The topological polar surface area (TPSA) is 93.9 Å². The summed E-state index contributed by atoms with van der Waals surface area (Å²) >= 11 is 0. The number of aliphatic hydroxyl groups is 1. The number of rotatable bonds is 2. The molecule has 1 aliphatic heterocycles. The SMILES string of the molecule is NC(N)=N[C@H]1CCO[C@@H](CO)C1. The highest BCUT2D eigenvalue weighted by molar-refractivity contribution is 5.75. The zero-order valence-corrected chi connectivity index (χ0v) is 6.94. The van der Waals surface area contributed by atoms with Gasteiger partial charge in [-0.2, -0.15) is 0 Å². The molecule has 0 spiro atoms. The molecular weight excluding hydrogens is 158 g/mol. The predicted octanol–water partition coefficient (Wildman–Crippen LogP) is -1.20. The molecule has 70 valence electrons. The summed E-state index contributed by atoms with van der Waals surface area (Å²) in [7, 11) is 0. The molecule has 0 aliphatic carbocycles. The van der Waals surface area contributed by atoms with Crippen LogP contribution in [0.15, 0.2) is 4.99 Å². The lowest BCUT2D eigenvalue weighted by atomic mass is 10.0. The van der Waals surface area contributed by atoms with Crippen molar-refractivity contribution >= 4 is 5.96 Å². The highest BCUT2D eigenvalue weighted by Crippen LogP contribution is 2.15. The third-order valence-electron chi connectivity index (χ3n) is 1.87. The van der Waals surface area contributed by atoms with Gasteiger partial charge in [-0.3, -0.25) is 4.99 Å². The van der Waals surface area contributed by atoms with Crippen LogP contribution in [0.3, 0.4) is 0 Å². The summed E-state index contributed by atoms with van der Waals surface area (Å²) in [5, 5.41) is 8.81.